The van der Waals surface area contributed by atoms with Gasteiger partial charge in [-0.2, -0.15) is 41.8 Å². The predicted molar refractivity (Wildman–Crippen MR) is 391 cm³/mol. The summed E-state index contributed by atoms with van der Waals surface area (Å²) in [4.78, 5) is 86.7. The summed E-state index contributed by atoms with van der Waals surface area (Å²) in [5.74, 6) is -0.246. The predicted octanol–water partition coefficient (Wildman–Crippen LogP) is 12.1. The van der Waals surface area contributed by atoms with Crippen LogP contribution < -0.4 is 50.3 Å². The molecule has 7 aromatic rings. The van der Waals surface area contributed by atoms with Crippen LogP contribution in [0.1, 0.15) is 71.1 Å². The van der Waals surface area contributed by atoms with Gasteiger partial charge in [0, 0.05) is 81.6 Å². The number of ether oxygens (including phenoxy) is 4. The number of thiazole rings is 2. The van der Waals surface area contributed by atoms with Crippen LogP contribution in [0.3, 0.4) is 0 Å². The van der Waals surface area contributed by atoms with E-state index in [0.717, 1.165) is 59.8 Å². The highest BCUT2D eigenvalue weighted by atomic mass is 32.2. The average Bonchev–Trinajstić information content (AvgIpc) is 1.62. The number of methoxy groups -OCH3 is 2. The number of hydrogen-bond donors (Lipinski definition) is 6. The molecule has 2 saturated heterocycles. The minimum Gasteiger partial charge on any atom is -0.494 e. The van der Waals surface area contributed by atoms with E-state index in [1.807, 2.05) is 49.6 Å². The van der Waals surface area contributed by atoms with Crippen LogP contribution in [0, 0.1) is 0 Å². The van der Waals surface area contributed by atoms with E-state index in [0.29, 0.717) is 145 Å². The molecule has 0 saturated carbocycles. The molecule has 0 atom stereocenters. The molecule has 2 amide bonds. The average molecular weight is 1480 g/mol. The number of anilines is 10. The van der Waals surface area contributed by atoms with Crippen LogP contribution in [0.2, 0.25) is 0 Å². The van der Waals surface area contributed by atoms with Crippen molar-refractivity contribution in [1.82, 2.24) is 24.9 Å². The number of carbonyl (C=O) groups excluding carboxylic acids is 4. The van der Waals surface area contributed by atoms with E-state index < -0.39 is 53.4 Å². The number of benzene rings is 4. The minimum atomic E-state index is -4.61. The van der Waals surface area contributed by atoms with Gasteiger partial charge in [-0.05, 0) is 109 Å². The number of thioether (sulfide) groups is 1. The van der Waals surface area contributed by atoms with Crippen LogP contribution in [0.25, 0.3) is 12.2 Å². The highest BCUT2D eigenvalue weighted by Gasteiger charge is 2.27. The zero-order valence-corrected chi connectivity index (χ0v) is 60.9. The molecule has 2 fully saturated rings. The summed E-state index contributed by atoms with van der Waals surface area (Å²) in [7, 11) is -6.12. The van der Waals surface area contributed by atoms with Crippen LogP contribution in [0.15, 0.2) is 119 Å². The number of morpholine rings is 2. The van der Waals surface area contributed by atoms with Crippen molar-refractivity contribution >= 4 is 169 Å². The molecule has 4 aromatic carbocycles. The number of Topliss-reactive ketones (excluding diaryl/α,β-unsaturated/α-hetero) is 2. The maximum atomic E-state index is 13.8. The Labute approximate surface area is 596 Å². The Balaban J connectivity index is 1.11. The number of aromatic nitrogens is 5. The van der Waals surface area contributed by atoms with Crippen LogP contribution in [0.4, 0.5) is 79.3 Å². The third-order valence-corrected chi connectivity index (χ3v) is 20.0. The van der Waals surface area contributed by atoms with Crippen LogP contribution in [0.5, 0.6) is 11.5 Å². The monoisotopic (exact) mass is 1480 g/mol. The molecule has 0 spiro atoms. The molecule has 0 radical (unpaired) electrons. The van der Waals surface area contributed by atoms with Crippen molar-refractivity contribution in [2.45, 2.75) is 76.3 Å². The second-order valence-corrected chi connectivity index (χ2v) is 28.2. The summed E-state index contributed by atoms with van der Waals surface area (Å²) in [6.07, 6.45) is 4.55. The molecule has 0 aliphatic carbocycles. The highest BCUT2D eigenvalue weighted by molar-refractivity contribution is 7.99. The Bertz CT molecular complexity index is 4270. The number of amides is 2. The van der Waals surface area contributed by atoms with Gasteiger partial charge in [0.1, 0.15) is 34.5 Å². The van der Waals surface area contributed by atoms with Crippen molar-refractivity contribution < 1.29 is 64.1 Å². The fourth-order valence-corrected chi connectivity index (χ4v) is 14.1. The lowest BCUT2D eigenvalue weighted by Gasteiger charge is -2.27. The molecular weight excluding hydrogens is 1400 g/mol. The quantitative estimate of drug-likeness (QED) is 0.00434. The van der Waals surface area contributed by atoms with Crippen LogP contribution >= 0.6 is 34.4 Å². The summed E-state index contributed by atoms with van der Waals surface area (Å²) in [5.41, 5.74) is 2.25. The number of carbonyl (C=O) groups is 4. The molecule has 2 aliphatic rings. The van der Waals surface area contributed by atoms with Crippen molar-refractivity contribution in [2.24, 2.45) is 20.5 Å². The SMILES string of the molecule is CCCCSc1nc(Nc2cc(N(CC)CC)c(OC)cc2N=Nc2nc(N3CCOCC3)c(C=C(C(C)=O)C(=O)Nc3cccc(S(=O)(=O)O)c3)s2)nc(Nc2cc(N(CC)CC)c(OC)cc2N=Nc2nc(N3CCOCC3)c(C=C(C(C)=O)C(=O)Nc3cccc(S(=O)(=O)O)c3)s2)n1. The van der Waals surface area contributed by atoms with Crippen molar-refractivity contribution in [3.8, 4) is 11.5 Å². The number of azo groups is 2. The third-order valence-electron chi connectivity index (χ3n) is 15.6. The molecule has 31 nitrogen and oxygen atoms in total. The molecule has 101 heavy (non-hydrogen) atoms. The van der Waals surface area contributed by atoms with Gasteiger partial charge in [0.15, 0.2) is 16.7 Å². The zero-order chi connectivity index (χ0) is 72.5. The van der Waals surface area contributed by atoms with Crippen molar-refractivity contribution in [1.29, 1.82) is 0 Å². The zero-order valence-electron chi connectivity index (χ0n) is 56.8. The molecule has 0 unspecified atom stereocenters. The molecule has 36 heteroatoms. The summed E-state index contributed by atoms with van der Waals surface area (Å²) in [5, 5.41) is 31.5. The van der Waals surface area contributed by atoms with Crippen LogP contribution in [-0.2, 0) is 48.9 Å². The highest BCUT2D eigenvalue weighted by Crippen LogP contribution is 2.45. The van der Waals surface area contributed by atoms with Gasteiger partial charge in [-0.25, -0.2) is 0 Å². The maximum absolute atomic E-state index is 13.8. The van der Waals surface area contributed by atoms with Gasteiger partial charge in [-0.3, -0.25) is 28.3 Å². The first kappa shape index (κ1) is 75.8. The fourth-order valence-electron chi connectivity index (χ4n) is 10.4. The topological polar surface area (TPSA) is 389 Å². The van der Waals surface area contributed by atoms with Crippen molar-refractivity contribution in [3.63, 3.8) is 0 Å². The van der Waals surface area contributed by atoms with Crippen molar-refractivity contribution in [2.75, 3.05) is 140 Å². The summed E-state index contributed by atoms with van der Waals surface area (Å²) in [6.45, 7) is 18.2. The van der Waals surface area contributed by atoms with Gasteiger partial charge in [0.25, 0.3) is 32.1 Å². The smallest absolute Gasteiger partial charge is 0.294 e. The summed E-state index contributed by atoms with van der Waals surface area (Å²) >= 11 is 3.55. The summed E-state index contributed by atoms with van der Waals surface area (Å²) < 4.78 is 90.3. The Morgan fingerprint density at radius 3 is 1.36 bits per heavy atom. The Hall–Kier alpha value is -9.40. The molecule has 6 N–H and O–H groups in total. The minimum absolute atomic E-state index is 0.0191. The van der Waals surface area contributed by atoms with E-state index >= 15 is 0 Å². The lowest BCUT2D eigenvalue weighted by atomic mass is 10.1. The first-order chi connectivity index (χ1) is 48.4. The van der Waals surface area contributed by atoms with Crippen molar-refractivity contribution in [3.05, 3.63) is 93.7 Å². The second-order valence-electron chi connectivity index (χ2n) is 22.3. The number of rotatable bonds is 32. The normalized spacial score (nSPS) is 13.9. The van der Waals surface area contributed by atoms with Gasteiger partial charge < -0.3 is 59.8 Å². The largest absolute Gasteiger partial charge is 0.494 e. The molecule has 2 aliphatic heterocycles. The van der Waals surface area contributed by atoms with Gasteiger partial charge >= 0.3 is 0 Å². The molecule has 3 aromatic heterocycles. The van der Waals surface area contributed by atoms with E-state index in [4.69, 9.17) is 54.1 Å². The lowest BCUT2D eigenvalue weighted by Crippen LogP contribution is -2.36. The lowest BCUT2D eigenvalue weighted by molar-refractivity contribution is -0.120. The van der Waals surface area contributed by atoms with Gasteiger partial charge in [0.2, 0.25) is 22.2 Å². The van der Waals surface area contributed by atoms with Gasteiger partial charge in [0.05, 0.1) is 94.1 Å². The van der Waals surface area contributed by atoms with E-state index in [1.54, 1.807) is 26.4 Å². The molecular formula is C65H77N17O14S5. The van der Waals surface area contributed by atoms with E-state index in [2.05, 4.69) is 48.2 Å². The first-order valence-electron chi connectivity index (χ1n) is 32.0. The van der Waals surface area contributed by atoms with E-state index in [9.17, 15) is 45.1 Å². The number of unbranched alkanes of at least 4 members (excludes halogenated alkanes) is 1. The van der Waals surface area contributed by atoms with Crippen LogP contribution in [-0.4, -0.2) is 173 Å². The Morgan fingerprint density at radius 1 is 0.594 bits per heavy atom. The maximum Gasteiger partial charge on any atom is 0.294 e. The summed E-state index contributed by atoms with van der Waals surface area (Å²) in [6, 6.07) is 17.1. The van der Waals surface area contributed by atoms with E-state index in [1.165, 1.54) is 62.0 Å². The number of ketones is 2. The Morgan fingerprint density at radius 2 is 1.00 bits per heavy atom. The number of nitrogens with zero attached hydrogens (tertiary/aromatic N) is 13. The van der Waals surface area contributed by atoms with Gasteiger partial charge in [-0.1, -0.05) is 59.9 Å². The second kappa shape index (κ2) is 34.8. The standard InChI is InChI=1S/C65H77N17O14S5/c1-10-15-30-97-63-73-61(68-47-35-51(79(11-2)12-3)53(93-8)37-49(47)75-77-64-70-57(81-22-26-95-27-23-81)55(98-64)33-45(39(6)83)59(85)66-41-18-16-20-43(31-41)100(87,88)89)72-62(74-63)69-48-36-52(80(13-4)14-5)54(94-9)38-50(48)76-78-65-71-58(82-24-28-96-29-25-82)56(99-65)34-46(40(7)84)60(86)67-42-19-17-21-44(32-42)101(90,91)92/h16-21,31-38H,10-15,22-30H2,1-9H3,(H,66,85)(H,67,86)(H,87,88,89)(H,90,91,92)(H2,68,69,72,73,74). The fraction of sp³-hybridized carbons (Fsp3) is 0.369. The third kappa shape index (κ3) is 19.8. The first-order valence-corrected chi connectivity index (χ1v) is 37.5. The Kier molecular flexibility index (Phi) is 26.1. The molecule has 536 valence electrons. The molecule has 0 bridgehead atoms. The molecule has 5 heterocycles. The number of nitrogens with one attached hydrogen (secondary N) is 4. The molecule has 9 rings (SSSR count). The van der Waals surface area contributed by atoms with Gasteiger partial charge in [-0.15, -0.1) is 20.5 Å². The number of hydrogen-bond acceptors (Lipinski definition) is 30. The van der Waals surface area contributed by atoms with E-state index in [-0.39, 0.29) is 56.1 Å².